The molecule has 0 bridgehead atoms. The highest BCUT2D eigenvalue weighted by Gasteiger charge is 2.34. The van der Waals surface area contributed by atoms with Gasteiger partial charge in [0.2, 0.25) is 0 Å². The van der Waals surface area contributed by atoms with Gasteiger partial charge in [-0.3, -0.25) is 4.98 Å². The molecule has 1 amide bonds. The summed E-state index contributed by atoms with van der Waals surface area (Å²) < 4.78 is 18.3. The number of carbonyl (C=O) groups excluding carboxylic acids is 1. The highest BCUT2D eigenvalue weighted by molar-refractivity contribution is 7.12. The number of carbonyl (C=O) groups is 1. The number of thiazole rings is 1. The SMILES string of the molecule is Cc1nc(C2=Cc3c(N4CCN(C(=O)OC5CC(F)C5)CC4)ccnc3C2)sc1C. The van der Waals surface area contributed by atoms with Crippen molar-refractivity contribution in [1.82, 2.24) is 14.9 Å². The molecule has 8 heteroatoms. The van der Waals surface area contributed by atoms with E-state index in [4.69, 9.17) is 9.72 Å². The Morgan fingerprint density at radius 1 is 1.23 bits per heavy atom. The zero-order chi connectivity index (χ0) is 20.8. The molecule has 0 spiro atoms. The van der Waals surface area contributed by atoms with E-state index in [1.807, 2.05) is 13.1 Å². The molecule has 3 heterocycles. The molecule has 1 saturated heterocycles. The quantitative estimate of drug-likeness (QED) is 0.739. The van der Waals surface area contributed by atoms with Crippen LogP contribution in [0.2, 0.25) is 0 Å². The summed E-state index contributed by atoms with van der Waals surface area (Å²) in [6, 6.07) is 2.06. The molecule has 0 unspecified atom stereocenters. The molecular formula is C22H25FN4O2S. The average Bonchev–Trinajstić information content (AvgIpc) is 3.30. The van der Waals surface area contributed by atoms with Crippen molar-refractivity contribution in [3.63, 3.8) is 0 Å². The first-order valence-electron chi connectivity index (χ1n) is 10.5. The highest BCUT2D eigenvalue weighted by atomic mass is 32.1. The first kappa shape index (κ1) is 19.5. The van der Waals surface area contributed by atoms with E-state index in [1.165, 1.54) is 10.5 Å². The summed E-state index contributed by atoms with van der Waals surface area (Å²) in [6.45, 7) is 6.83. The molecule has 2 aromatic heterocycles. The minimum absolute atomic E-state index is 0.254. The maximum absolute atomic E-state index is 12.9. The van der Waals surface area contributed by atoms with Crippen LogP contribution in [0, 0.1) is 13.8 Å². The number of hydrogen-bond acceptors (Lipinski definition) is 6. The lowest BCUT2D eigenvalue weighted by molar-refractivity contribution is -0.0132. The maximum atomic E-state index is 12.9. The van der Waals surface area contributed by atoms with E-state index in [-0.39, 0.29) is 12.2 Å². The van der Waals surface area contributed by atoms with Crippen molar-refractivity contribution < 1.29 is 13.9 Å². The number of allylic oxidation sites excluding steroid dienone is 1. The number of hydrogen-bond donors (Lipinski definition) is 0. The van der Waals surface area contributed by atoms with E-state index in [0.29, 0.717) is 25.9 Å². The van der Waals surface area contributed by atoms with Crippen molar-refractivity contribution in [1.29, 1.82) is 0 Å². The van der Waals surface area contributed by atoms with Gasteiger partial charge in [-0.15, -0.1) is 11.3 Å². The van der Waals surface area contributed by atoms with Gasteiger partial charge in [0.15, 0.2) is 0 Å². The lowest BCUT2D eigenvalue weighted by Crippen LogP contribution is -2.50. The Bertz CT molecular complexity index is 987. The highest BCUT2D eigenvalue weighted by Crippen LogP contribution is 2.38. The molecule has 1 aliphatic heterocycles. The number of alkyl halides is 1. The Morgan fingerprint density at radius 3 is 2.67 bits per heavy atom. The minimum Gasteiger partial charge on any atom is -0.446 e. The van der Waals surface area contributed by atoms with Gasteiger partial charge in [0, 0.05) is 67.8 Å². The van der Waals surface area contributed by atoms with Gasteiger partial charge in [0.05, 0.1) is 11.4 Å². The van der Waals surface area contributed by atoms with E-state index in [9.17, 15) is 9.18 Å². The van der Waals surface area contributed by atoms with Gasteiger partial charge >= 0.3 is 6.09 Å². The number of halogens is 1. The predicted octanol–water partition coefficient (Wildman–Crippen LogP) is 4.01. The molecule has 2 fully saturated rings. The summed E-state index contributed by atoms with van der Waals surface area (Å²) in [5.74, 6) is 0. The molecule has 3 aliphatic rings. The molecule has 158 valence electrons. The standard InChI is InChI=1S/C22H25FN4O2S/c1-13-14(2)30-21(25-13)15-9-18-19(10-15)24-4-3-20(18)26-5-7-27(8-6-26)22(28)29-17-11-16(23)12-17/h3-4,9,16-17H,5-8,10-12H2,1-2H3. The van der Waals surface area contributed by atoms with Crippen molar-refractivity contribution >= 4 is 34.8 Å². The summed E-state index contributed by atoms with van der Waals surface area (Å²) in [5.41, 5.74) is 5.72. The van der Waals surface area contributed by atoms with Crippen LogP contribution >= 0.6 is 11.3 Å². The van der Waals surface area contributed by atoms with Crippen LogP contribution in [0.15, 0.2) is 12.3 Å². The number of fused-ring (bicyclic) bond motifs is 1. The fraction of sp³-hybridized carbons (Fsp3) is 0.500. The minimum atomic E-state index is -0.816. The Kier molecular flexibility index (Phi) is 4.97. The predicted molar refractivity (Wildman–Crippen MR) is 116 cm³/mol. The Morgan fingerprint density at radius 2 is 2.00 bits per heavy atom. The molecule has 0 radical (unpaired) electrons. The summed E-state index contributed by atoms with van der Waals surface area (Å²) in [6.07, 6.45) is 4.18. The lowest BCUT2D eigenvalue weighted by atomic mass is 9.94. The van der Waals surface area contributed by atoms with Crippen LogP contribution in [0.5, 0.6) is 0 Å². The first-order valence-corrected chi connectivity index (χ1v) is 11.3. The molecule has 1 saturated carbocycles. The molecule has 0 atom stereocenters. The zero-order valence-electron chi connectivity index (χ0n) is 17.2. The summed E-state index contributed by atoms with van der Waals surface area (Å²) in [4.78, 5) is 26.9. The Hall–Kier alpha value is -2.48. The van der Waals surface area contributed by atoms with Crippen LogP contribution in [0.4, 0.5) is 14.9 Å². The van der Waals surface area contributed by atoms with Crippen LogP contribution in [-0.4, -0.2) is 59.4 Å². The van der Waals surface area contributed by atoms with Gasteiger partial charge in [-0.2, -0.15) is 0 Å². The molecular weight excluding hydrogens is 403 g/mol. The van der Waals surface area contributed by atoms with E-state index in [2.05, 4.69) is 29.0 Å². The number of aromatic nitrogens is 2. The molecule has 5 rings (SSSR count). The second kappa shape index (κ2) is 7.65. The summed E-state index contributed by atoms with van der Waals surface area (Å²) >= 11 is 1.74. The number of rotatable bonds is 3. The fourth-order valence-electron chi connectivity index (χ4n) is 4.18. The second-order valence-electron chi connectivity index (χ2n) is 8.25. The third-order valence-electron chi connectivity index (χ3n) is 6.21. The fourth-order valence-corrected chi connectivity index (χ4v) is 5.10. The number of nitrogens with zero attached hydrogens (tertiary/aromatic N) is 4. The molecule has 2 aromatic rings. The normalized spacial score (nSPS) is 23.1. The Balaban J connectivity index is 1.27. The molecule has 0 aromatic carbocycles. The third kappa shape index (κ3) is 3.57. The largest absolute Gasteiger partial charge is 0.446 e. The number of anilines is 1. The van der Waals surface area contributed by atoms with Gasteiger partial charge in [0.1, 0.15) is 17.3 Å². The van der Waals surface area contributed by atoms with E-state index >= 15 is 0 Å². The van der Waals surface area contributed by atoms with Crippen LogP contribution in [0.3, 0.4) is 0 Å². The Labute approximate surface area is 179 Å². The average molecular weight is 429 g/mol. The molecule has 0 N–H and O–H groups in total. The second-order valence-corrected chi connectivity index (χ2v) is 9.45. The topological polar surface area (TPSA) is 58.6 Å². The first-order chi connectivity index (χ1) is 14.5. The maximum Gasteiger partial charge on any atom is 0.410 e. The number of pyridine rings is 1. The molecule has 6 nitrogen and oxygen atoms in total. The summed E-state index contributed by atoms with van der Waals surface area (Å²) in [5, 5.41) is 1.08. The van der Waals surface area contributed by atoms with Crippen molar-refractivity contribution in [2.45, 2.75) is 45.4 Å². The monoisotopic (exact) mass is 428 g/mol. The zero-order valence-corrected chi connectivity index (χ0v) is 18.0. The van der Waals surface area contributed by atoms with Gasteiger partial charge in [0.25, 0.3) is 0 Å². The van der Waals surface area contributed by atoms with Gasteiger partial charge < -0.3 is 14.5 Å². The van der Waals surface area contributed by atoms with Crippen LogP contribution in [-0.2, 0) is 11.2 Å². The number of ether oxygens (including phenoxy) is 1. The van der Waals surface area contributed by atoms with Gasteiger partial charge in [-0.05, 0) is 31.6 Å². The molecule has 30 heavy (non-hydrogen) atoms. The number of aryl methyl sites for hydroxylation is 2. The third-order valence-corrected chi connectivity index (χ3v) is 7.36. The van der Waals surface area contributed by atoms with Crippen LogP contribution in [0.25, 0.3) is 11.6 Å². The van der Waals surface area contributed by atoms with Crippen molar-refractivity contribution in [3.05, 3.63) is 39.1 Å². The van der Waals surface area contributed by atoms with E-state index < -0.39 is 6.17 Å². The van der Waals surface area contributed by atoms with E-state index in [1.54, 1.807) is 16.2 Å². The van der Waals surface area contributed by atoms with Crippen molar-refractivity contribution in [2.75, 3.05) is 31.1 Å². The number of amides is 1. The van der Waals surface area contributed by atoms with Crippen LogP contribution in [0.1, 0.15) is 39.7 Å². The van der Waals surface area contributed by atoms with Gasteiger partial charge in [-0.1, -0.05) is 0 Å². The van der Waals surface area contributed by atoms with Crippen LogP contribution < -0.4 is 4.90 Å². The van der Waals surface area contributed by atoms with Gasteiger partial charge in [-0.25, -0.2) is 14.2 Å². The lowest BCUT2D eigenvalue weighted by Gasteiger charge is -2.38. The number of piperazine rings is 1. The molecule has 2 aliphatic carbocycles. The van der Waals surface area contributed by atoms with Crippen molar-refractivity contribution in [3.8, 4) is 0 Å². The smallest absolute Gasteiger partial charge is 0.410 e. The van der Waals surface area contributed by atoms with Crippen molar-refractivity contribution in [2.24, 2.45) is 0 Å². The summed E-state index contributed by atoms with van der Waals surface area (Å²) in [7, 11) is 0. The van der Waals surface area contributed by atoms with E-state index in [0.717, 1.165) is 47.2 Å².